The summed E-state index contributed by atoms with van der Waals surface area (Å²) in [5, 5.41) is 13.6. The Bertz CT molecular complexity index is 647. The molecule has 6 heteroatoms. The van der Waals surface area contributed by atoms with Crippen LogP contribution in [0.25, 0.3) is 0 Å². The van der Waals surface area contributed by atoms with E-state index in [-0.39, 0.29) is 0 Å². The highest BCUT2D eigenvalue weighted by Gasteiger charge is 2.13. The van der Waals surface area contributed by atoms with Gasteiger partial charge in [-0.15, -0.1) is 0 Å². The van der Waals surface area contributed by atoms with Crippen molar-refractivity contribution in [3.05, 3.63) is 61.5 Å². The summed E-state index contributed by atoms with van der Waals surface area (Å²) >= 11 is 2.21. The van der Waals surface area contributed by atoms with Crippen LogP contribution < -0.4 is 5.32 Å². The second kappa shape index (κ2) is 5.52. The number of halogens is 2. The van der Waals surface area contributed by atoms with E-state index >= 15 is 0 Å². The summed E-state index contributed by atoms with van der Waals surface area (Å²) in [6.07, 6.45) is 0. The zero-order chi connectivity index (χ0) is 14.0. The Labute approximate surface area is 122 Å². The van der Waals surface area contributed by atoms with Crippen LogP contribution in [0.4, 0.5) is 21.5 Å². The third-order valence-corrected chi connectivity index (χ3v) is 3.28. The molecule has 0 saturated heterocycles. The maximum atomic E-state index is 13.5. The normalized spacial score (nSPS) is 10.3. The third kappa shape index (κ3) is 3.19. The van der Waals surface area contributed by atoms with E-state index in [2.05, 4.69) is 27.9 Å². The first-order valence-electron chi connectivity index (χ1n) is 5.44. The molecule has 0 radical (unpaired) electrons. The SMILES string of the molecule is Cc1cc(I)ccc1Nc1ccc([N+](=O)[O-])c(F)c1. The second-order valence-electron chi connectivity index (χ2n) is 4.01. The van der Waals surface area contributed by atoms with Crippen molar-refractivity contribution in [3.63, 3.8) is 0 Å². The van der Waals surface area contributed by atoms with Gasteiger partial charge in [-0.05, 0) is 59.3 Å². The van der Waals surface area contributed by atoms with Crippen LogP contribution in [0.1, 0.15) is 5.56 Å². The number of hydrogen-bond donors (Lipinski definition) is 1. The van der Waals surface area contributed by atoms with E-state index in [0.29, 0.717) is 5.69 Å². The minimum atomic E-state index is -0.849. The largest absolute Gasteiger partial charge is 0.355 e. The van der Waals surface area contributed by atoms with Gasteiger partial charge in [0.1, 0.15) is 0 Å². The van der Waals surface area contributed by atoms with Crippen molar-refractivity contribution in [2.75, 3.05) is 5.32 Å². The lowest BCUT2D eigenvalue weighted by Crippen LogP contribution is -1.97. The molecule has 0 aliphatic heterocycles. The van der Waals surface area contributed by atoms with Gasteiger partial charge in [0.15, 0.2) is 0 Å². The number of nitro groups is 1. The van der Waals surface area contributed by atoms with Crippen molar-refractivity contribution >= 4 is 39.7 Å². The minimum Gasteiger partial charge on any atom is -0.355 e. The Morgan fingerprint density at radius 3 is 2.58 bits per heavy atom. The summed E-state index contributed by atoms with van der Waals surface area (Å²) in [6.45, 7) is 1.94. The molecule has 1 N–H and O–H groups in total. The Hall–Kier alpha value is -1.70. The summed E-state index contributed by atoms with van der Waals surface area (Å²) < 4.78 is 14.6. The average Bonchev–Trinajstić information content (AvgIpc) is 2.32. The Balaban J connectivity index is 2.29. The van der Waals surface area contributed by atoms with Crippen LogP contribution in [0.5, 0.6) is 0 Å². The molecule has 0 saturated carbocycles. The molecular weight excluding hydrogens is 362 g/mol. The number of nitro benzene ring substituents is 1. The lowest BCUT2D eigenvalue weighted by molar-refractivity contribution is -0.387. The summed E-state index contributed by atoms with van der Waals surface area (Å²) in [7, 11) is 0. The Morgan fingerprint density at radius 1 is 1.26 bits per heavy atom. The van der Waals surface area contributed by atoms with Crippen LogP contribution >= 0.6 is 22.6 Å². The molecular formula is C13H10FIN2O2. The van der Waals surface area contributed by atoms with E-state index in [1.54, 1.807) is 0 Å². The molecule has 4 nitrogen and oxygen atoms in total. The first kappa shape index (κ1) is 13.7. The van der Waals surface area contributed by atoms with E-state index < -0.39 is 16.4 Å². The van der Waals surface area contributed by atoms with Crippen LogP contribution in [0.3, 0.4) is 0 Å². The number of anilines is 2. The van der Waals surface area contributed by atoms with E-state index in [9.17, 15) is 14.5 Å². The standard InChI is InChI=1S/C13H10FIN2O2/c1-8-6-9(15)2-4-12(8)16-10-3-5-13(17(18)19)11(14)7-10/h2-7,16H,1H3. The van der Waals surface area contributed by atoms with Gasteiger partial charge in [-0.25, -0.2) is 0 Å². The van der Waals surface area contributed by atoms with E-state index in [4.69, 9.17) is 0 Å². The van der Waals surface area contributed by atoms with E-state index in [0.717, 1.165) is 27.0 Å². The molecule has 0 heterocycles. The smallest absolute Gasteiger partial charge is 0.304 e. The van der Waals surface area contributed by atoms with Crippen LogP contribution in [-0.4, -0.2) is 4.92 Å². The van der Waals surface area contributed by atoms with Crippen molar-refractivity contribution in [1.82, 2.24) is 0 Å². The van der Waals surface area contributed by atoms with Crippen molar-refractivity contribution < 1.29 is 9.31 Å². The quantitative estimate of drug-likeness (QED) is 0.494. The topological polar surface area (TPSA) is 55.2 Å². The molecule has 0 fully saturated rings. The number of rotatable bonds is 3. The monoisotopic (exact) mass is 372 g/mol. The lowest BCUT2D eigenvalue weighted by Gasteiger charge is -2.10. The molecule has 0 atom stereocenters. The predicted molar refractivity (Wildman–Crippen MR) is 80.2 cm³/mol. The van der Waals surface area contributed by atoms with Crippen molar-refractivity contribution in [2.24, 2.45) is 0 Å². The maximum absolute atomic E-state index is 13.5. The molecule has 0 amide bonds. The summed E-state index contributed by atoms with van der Waals surface area (Å²) in [4.78, 5) is 9.79. The van der Waals surface area contributed by atoms with Crippen LogP contribution in [0.15, 0.2) is 36.4 Å². The number of aryl methyl sites for hydroxylation is 1. The zero-order valence-corrected chi connectivity index (χ0v) is 12.1. The molecule has 98 valence electrons. The minimum absolute atomic E-state index is 0.479. The summed E-state index contributed by atoms with van der Waals surface area (Å²) in [6, 6.07) is 9.56. The molecule has 0 spiro atoms. The summed E-state index contributed by atoms with van der Waals surface area (Å²) in [5.41, 5.74) is 1.82. The van der Waals surface area contributed by atoms with Gasteiger partial charge >= 0.3 is 5.69 Å². The number of hydrogen-bond acceptors (Lipinski definition) is 3. The highest BCUT2D eigenvalue weighted by Crippen LogP contribution is 2.25. The molecule has 0 aliphatic carbocycles. The van der Waals surface area contributed by atoms with Crippen LogP contribution in [-0.2, 0) is 0 Å². The first-order valence-corrected chi connectivity index (χ1v) is 6.52. The lowest BCUT2D eigenvalue weighted by atomic mass is 10.2. The highest BCUT2D eigenvalue weighted by atomic mass is 127. The third-order valence-electron chi connectivity index (χ3n) is 2.61. The number of nitrogens with zero attached hydrogens (tertiary/aromatic N) is 1. The fraction of sp³-hybridized carbons (Fsp3) is 0.0769. The fourth-order valence-corrected chi connectivity index (χ4v) is 2.30. The van der Waals surface area contributed by atoms with E-state index in [1.165, 1.54) is 6.07 Å². The molecule has 0 aliphatic rings. The van der Waals surface area contributed by atoms with Gasteiger partial charge in [0.05, 0.1) is 4.92 Å². The molecule has 2 aromatic rings. The van der Waals surface area contributed by atoms with Crippen LogP contribution in [0, 0.1) is 26.4 Å². The summed E-state index contributed by atoms with van der Waals surface area (Å²) in [5.74, 6) is -0.849. The van der Waals surface area contributed by atoms with Gasteiger partial charge in [-0.1, -0.05) is 0 Å². The van der Waals surface area contributed by atoms with Gasteiger partial charge in [0.25, 0.3) is 0 Å². The van der Waals surface area contributed by atoms with Crippen molar-refractivity contribution in [1.29, 1.82) is 0 Å². The molecule has 2 rings (SSSR count). The highest BCUT2D eigenvalue weighted by molar-refractivity contribution is 14.1. The van der Waals surface area contributed by atoms with Gasteiger partial charge in [0, 0.05) is 27.1 Å². The van der Waals surface area contributed by atoms with Gasteiger partial charge in [0.2, 0.25) is 5.82 Å². The molecule has 0 bridgehead atoms. The fourth-order valence-electron chi connectivity index (χ4n) is 1.66. The van der Waals surface area contributed by atoms with Gasteiger partial charge < -0.3 is 5.32 Å². The molecule has 0 unspecified atom stereocenters. The molecule has 2 aromatic carbocycles. The van der Waals surface area contributed by atoms with E-state index in [1.807, 2.05) is 25.1 Å². The second-order valence-corrected chi connectivity index (χ2v) is 5.25. The van der Waals surface area contributed by atoms with Crippen molar-refractivity contribution in [3.8, 4) is 0 Å². The predicted octanol–water partition coefficient (Wildman–Crippen LogP) is 4.39. The number of benzene rings is 2. The molecule has 19 heavy (non-hydrogen) atoms. The first-order chi connectivity index (χ1) is 8.97. The van der Waals surface area contributed by atoms with Crippen molar-refractivity contribution in [2.45, 2.75) is 6.92 Å². The zero-order valence-electron chi connectivity index (χ0n) is 9.98. The number of nitrogens with one attached hydrogen (secondary N) is 1. The van der Waals surface area contributed by atoms with Gasteiger partial charge in [-0.2, -0.15) is 4.39 Å². The average molecular weight is 372 g/mol. The molecule has 0 aromatic heterocycles. The van der Waals surface area contributed by atoms with Crippen LogP contribution in [0.2, 0.25) is 0 Å². The Morgan fingerprint density at radius 2 is 2.00 bits per heavy atom. The maximum Gasteiger partial charge on any atom is 0.304 e. The Kier molecular flexibility index (Phi) is 3.98. The van der Waals surface area contributed by atoms with Gasteiger partial charge in [-0.3, -0.25) is 10.1 Å².